The minimum atomic E-state index is -0.906. The van der Waals surface area contributed by atoms with E-state index in [9.17, 15) is 15.1 Å². The number of esters is 1. The van der Waals surface area contributed by atoms with Crippen molar-refractivity contribution in [2.75, 3.05) is 13.7 Å². The number of nitrogens with zero attached hydrogens (tertiary/aromatic N) is 3. The molecule has 1 amide bonds. The van der Waals surface area contributed by atoms with Crippen molar-refractivity contribution in [3.8, 4) is 5.75 Å². The van der Waals surface area contributed by atoms with E-state index in [4.69, 9.17) is 27.9 Å². The lowest BCUT2D eigenvalue weighted by atomic mass is 9.94. The first-order chi connectivity index (χ1) is 17.7. The molecule has 37 heavy (non-hydrogen) atoms. The summed E-state index contributed by atoms with van der Waals surface area (Å²) >= 11 is 13.1. The van der Waals surface area contributed by atoms with E-state index in [1.54, 1.807) is 4.90 Å². The fourth-order valence-corrected chi connectivity index (χ4v) is 5.12. The van der Waals surface area contributed by atoms with Crippen LogP contribution in [0.3, 0.4) is 0 Å². The molecule has 7 nitrogen and oxygen atoms in total. The van der Waals surface area contributed by atoms with E-state index in [1.807, 2.05) is 50.2 Å². The second-order valence-electron chi connectivity index (χ2n) is 8.82. The summed E-state index contributed by atoms with van der Waals surface area (Å²) in [4.78, 5) is 30.5. The fourth-order valence-electron chi connectivity index (χ4n) is 4.48. The second-order valence-corrected chi connectivity index (χ2v) is 9.61. The molecule has 0 radical (unpaired) electrons. The number of halogens is 2. The maximum atomic E-state index is 13.7. The van der Waals surface area contributed by atoms with Gasteiger partial charge in [0.15, 0.2) is 0 Å². The number of carbonyl (C=O) groups excluding carboxylic acids is 2. The normalized spacial score (nSPS) is 12.6. The molecule has 9 heteroatoms. The van der Waals surface area contributed by atoms with Gasteiger partial charge in [0.1, 0.15) is 12.4 Å². The average Bonchev–Trinajstić information content (AvgIpc) is 2.89. The number of ether oxygens (including phenoxy) is 2. The first kappa shape index (κ1) is 26.4. The molecular weight excluding hydrogens is 513 g/mol. The summed E-state index contributed by atoms with van der Waals surface area (Å²) in [7, 11) is 1.15. The van der Waals surface area contributed by atoms with E-state index >= 15 is 0 Å². The summed E-state index contributed by atoms with van der Waals surface area (Å²) in [5.74, 6) is -0.541. The van der Waals surface area contributed by atoms with Crippen LogP contribution >= 0.6 is 23.2 Å². The number of hydrogen-bond acceptors (Lipinski definition) is 4. The van der Waals surface area contributed by atoms with Gasteiger partial charge in [0.25, 0.3) is 5.91 Å². The largest absolute Gasteiger partial charge is 0.489 e. The maximum Gasteiger partial charge on any atom is 0.422 e. The molecule has 3 aromatic rings. The van der Waals surface area contributed by atoms with Gasteiger partial charge in [-0.3, -0.25) is 4.79 Å². The van der Waals surface area contributed by atoms with Gasteiger partial charge in [-0.1, -0.05) is 59.6 Å². The lowest BCUT2D eigenvalue weighted by molar-refractivity contribution is -0.137. The molecule has 3 aromatic carbocycles. The van der Waals surface area contributed by atoms with Gasteiger partial charge in [-0.2, -0.15) is 4.79 Å². The first-order valence-corrected chi connectivity index (χ1v) is 12.4. The Hall–Kier alpha value is -3.64. The van der Waals surface area contributed by atoms with Crippen LogP contribution in [0.4, 0.5) is 0 Å². The number of carbonyl (C=O) groups is 2. The molecule has 0 atom stereocenters. The summed E-state index contributed by atoms with van der Waals surface area (Å²) in [6.45, 7) is 5.10. The highest BCUT2D eigenvalue weighted by atomic mass is 35.5. The summed E-state index contributed by atoms with van der Waals surface area (Å²) in [6, 6.07) is 15.3. The molecule has 0 unspecified atom stereocenters. The molecule has 190 valence electrons. The second kappa shape index (κ2) is 11.2. The predicted molar refractivity (Wildman–Crippen MR) is 141 cm³/mol. The molecule has 0 N–H and O–H groups in total. The van der Waals surface area contributed by atoms with Crippen molar-refractivity contribution in [1.82, 2.24) is 4.90 Å². The summed E-state index contributed by atoms with van der Waals surface area (Å²) in [5, 5.41) is 0.235. The van der Waals surface area contributed by atoms with Gasteiger partial charge in [0, 0.05) is 23.7 Å². The Kier molecular flexibility index (Phi) is 7.98. The van der Waals surface area contributed by atoms with Crippen LogP contribution in [-0.2, 0) is 29.1 Å². The molecular formula is C28H25Cl2N3O4. The number of hydrogen-bond donors (Lipinski definition) is 0. The summed E-state index contributed by atoms with van der Waals surface area (Å²) in [6.07, 6.45) is 0.467. The highest BCUT2D eigenvalue weighted by Crippen LogP contribution is 2.36. The zero-order valence-electron chi connectivity index (χ0n) is 20.7. The Morgan fingerprint density at radius 2 is 1.86 bits per heavy atom. The predicted octanol–water partition coefficient (Wildman–Crippen LogP) is 5.58. The van der Waals surface area contributed by atoms with E-state index in [-0.39, 0.29) is 27.1 Å². The minimum absolute atomic E-state index is 0.0199. The van der Waals surface area contributed by atoms with Crippen LogP contribution in [0.2, 0.25) is 10.0 Å². The van der Waals surface area contributed by atoms with Crippen molar-refractivity contribution < 1.29 is 23.9 Å². The average molecular weight is 538 g/mol. The SMILES string of the molecule is COC(=O)C(=[N+]=[N-])c1cc(Cl)c2c(c1Cl)C(=O)N(Cc1c(C)cc(C)cc1OCc1ccccc1)CC2. The van der Waals surface area contributed by atoms with Crippen LogP contribution in [0, 0.1) is 13.8 Å². The van der Waals surface area contributed by atoms with E-state index in [0.29, 0.717) is 37.4 Å². The molecule has 4 rings (SSSR count). The van der Waals surface area contributed by atoms with Crippen molar-refractivity contribution >= 4 is 40.8 Å². The first-order valence-electron chi connectivity index (χ1n) is 11.6. The van der Waals surface area contributed by atoms with Crippen LogP contribution in [0.1, 0.15) is 43.7 Å². The summed E-state index contributed by atoms with van der Waals surface area (Å²) in [5.41, 5.74) is 13.7. The Morgan fingerprint density at radius 3 is 2.54 bits per heavy atom. The molecule has 0 fully saturated rings. The minimum Gasteiger partial charge on any atom is -0.489 e. The molecule has 0 aromatic heterocycles. The number of fused-ring (bicyclic) bond motifs is 1. The molecule has 0 saturated carbocycles. The fraction of sp³-hybridized carbons (Fsp3) is 0.250. The van der Waals surface area contributed by atoms with Crippen LogP contribution in [-0.4, -0.2) is 40.9 Å². The van der Waals surface area contributed by atoms with Gasteiger partial charge >= 0.3 is 11.7 Å². The Balaban J connectivity index is 1.68. The van der Waals surface area contributed by atoms with Gasteiger partial charge in [-0.05, 0) is 54.7 Å². The van der Waals surface area contributed by atoms with Crippen molar-refractivity contribution in [2.24, 2.45) is 0 Å². The van der Waals surface area contributed by atoms with Crippen molar-refractivity contribution in [3.63, 3.8) is 0 Å². The lowest BCUT2D eigenvalue weighted by Gasteiger charge is -2.31. The van der Waals surface area contributed by atoms with Crippen molar-refractivity contribution in [3.05, 3.63) is 103 Å². The zero-order chi connectivity index (χ0) is 26.7. The van der Waals surface area contributed by atoms with E-state index in [2.05, 4.69) is 15.6 Å². The monoisotopic (exact) mass is 537 g/mol. The highest BCUT2D eigenvalue weighted by Gasteiger charge is 2.35. The van der Waals surface area contributed by atoms with Gasteiger partial charge in [-0.25, -0.2) is 4.79 Å². The van der Waals surface area contributed by atoms with Gasteiger partial charge in [0.05, 0.1) is 23.3 Å². The lowest BCUT2D eigenvalue weighted by Crippen LogP contribution is -2.38. The topological polar surface area (TPSA) is 92.2 Å². The van der Waals surface area contributed by atoms with Gasteiger partial charge in [0.2, 0.25) is 0 Å². The Morgan fingerprint density at radius 1 is 1.14 bits per heavy atom. The molecule has 0 saturated heterocycles. The maximum absolute atomic E-state index is 13.7. The quantitative estimate of drug-likeness (QED) is 0.170. The standard InChI is InChI=1S/C28H25Cl2N3O4/c1-16-11-17(2)21(23(12-16)37-15-18-7-5-4-6-8-18)14-33-10-9-19-22(29)13-20(25(30)24(19)27(33)34)26(32-31)28(35)36-3/h4-8,11-13H,9-10,14-15H2,1-3H3. The number of benzene rings is 3. The van der Waals surface area contributed by atoms with Gasteiger partial charge < -0.3 is 19.9 Å². The molecule has 1 aliphatic rings. The Labute approximate surface area is 225 Å². The summed E-state index contributed by atoms with van der Waals surface area (Å²) < 4.78 is 10.9. The third kappa shape index (κ3) is 5.39. The number of rotatable bonds is 7. The molecule has 0 bridgehead atoms. The Bertz CT molecular complexity index is 1430. The van der Waals surface area contributed by atoms with Gasteiger partial charge in [-0.15, -0.1) is 0 Å². The molecule has 0 spiro atoms. The molecule has 1 aliphatic heterocycles. The smallest absolute Gasteiger partial charge is 0.422 e. The number of amides is 1. The van der Waals surface area contributed by atoms with Crippen molar-refractivity contribution in [1.29, 1.82) is 0 Å². The van der Waals surface area contributed by atoms with Crippen LogP contribution in [0.15, 0.2) is 48.5 Å². The van der Waals surface area contributed by atoms with E-state index in [1.165, 1.54) is 6.07 Å². The van der Waals surface area contributed by atoms with E-state index < -0.39 is 11.7 Å². The zero-order valence-corrected chi connectivity index (χ0v) is 22.2. The number of aryl methyl sites for hydroxylation is 2. The van der Waals surface area contributed by atoms with E-state index in [0.717, 1.165) is 29.4 Å². The highest BCUT2D eigenvalue weighted by molar-refractivity contribution is 6.47. The molecule has 0 aliphatic carbocycles. The number of methoxy groups -OCH3 is 1. The third-order valence-corrected chi connectivity index (χ3v) is 7.08. The molecule has 1 heterocycles. The van der Waals surface area contributed by atoms with Crippen LogP contribution in [0.25, 0.3) is 5.53 Å². The van der Waals surface area contributed by atoms with Crippen molar-refractivity contribution in [2.45, 2.75) is 33.4 Å². The van der Waals surface area contributed by atoms with Crippen LogP contribution < -0.4 is 4.74 Å². The van der Waals surface area contributed by atoms with Crippen LogP contribution in [0.5, 0.6) is 5.75 Å². The third-order valence-electron chi connectivity index (χ3n) is 6.35.